The molecule has 6 aromatic heterocycles. The second-order valence-corrected chi connectivity index (χ2v) is 9.75. The van der Waals surface area contributed by atoms with E-state index in [2.05, 4.69) is 44.9 Å². The molecule has 0 radical (unpaired) electrons. The maximum atomic E-state index is 4.41. The molecular weight excluding hydrogens is 633 g/mol. The SMILES string of the molecule is O.[Co+3].c1ccc(-c2nc3ccccc3[n-]2)nc1.c1ccc(-c2nc3ccccc3[n-]2)nc1.c1ccc(-c2nc3ccccc3[n-]2)nc1. The normalized spacial score (nSPS) is 10.2. The van der Waals surface area contributed by atoms with Crippen molar-refractivity contribution in [1.29, 1.82) is 0 Å². The van der Waals surface area contributed by atoms with Gasteiger partial charge in [0.05, 0.1) is 17.1 Å². The molecule has 47 heavy (non-hydrogen) atoms. The monoisotopic (exact) mass is 659 g/mol. The Hall–Kier alpha value is -6.01. The molecule has 0 unspecified atom stereocenters. The molecule has 230 valence electrons. The number of para-hydroxylation sites is 6. The molecule has 0 bridgehead atoms. The van der Waals surface area contributed by atoms with E-state index in [4.69, 9.17) is 0 Å². The molecule has 10 nitrogen and oxygen atoms in total. The zero-order valence-corrected chi connectivity index (χ0v) is 25.8. The van der Waals surface area contributed by atoms with Crippen molar-refractivity contribution in [2.45, 2.75) is 0 Å². The minimum atomic E-state index is 0. The van der Waals surface area contributed by atoms with E-state index in [0.29, 0.717) is 17.5 Å². The van der Waals surface area contributed by atoms with E-state index < -0.39 is 0 Å². The van der Waals surface area contributed by atoms with Crippen molar-refractivity contribution in [2.24, 2.45) is 0 Å². The molecule has 2 N–H and O–H groups in total. The first-order valence-electron chi connectivity index (χ1n) is 14.2. The Morgan fingerprint density at radius 2 is 0.617 bits per heavy atom. The zero-order chi connectivity index (χ0) is 30.3. The third kappa shape index (κ3) is 7.63. The van der Waals surface area contributed by atoms with E-state index in [0.717, 1.165) is 50.2 Å². The third-order valence-corrected chi connectivity index (χ3v) is 6.69. The van der Waals surface area contributed by atoms with E-state index in [1.54, 1.807) is 18.6 Å². The van der Waals surface area contributed by atoms with Gasteiger partial charge in [0.1, 0.15) is 0 Å². The molecule has 0 spiro atoms. The van der Waals surface area contributed by atoms with Crippen molar-refractivity contribution in [3.05, 3.63) is 146 Å². The van der Waals surface area contributed by atoms with Crippen molar-refractivity contribution in [1.82, 2.24) is 44.9 Å². The molecule has 0 saturated carbocycles. The molecule has 0 amide bonds. The summed E-state index contributed by atoms with van der Waals surface area (Å²) in [5.41, 5.74) is 7.93. The number of aromatic nitrogens is 9. The van der Waals surface area contributed by atoms with Gasteiger partial charge < -0.3 is 35.4 Å². The first-order chi connectivity index (χ1) is 22.3. The average molecular weight is 660 g/mol. The topological polar surface area (TPSA) is 151 Å². The van der Waals surface area contributed by atoms with Gasteiger partial charge in [-0.3, -0.25) is 15.0 Å². The second kappa shape index (κ2) is 15.3. The van der Waals surface area contributed by atoms with Gasteiger partial charge in [-0.25, -0.2) is 0 Å². The van der Waals surface area contributed by atoms with E-state index in [-0.39, 0.29) is 22.3 Å². The summed E-state index contributed by atoms with van der Waals surface area (Å²) in [6, 6.07) is 40.6. The number of imidazole rings is 3. The molecule has 0 fully saturated rings. The number of pyridine rings is 3. The van der Waals surface area contributed by atoms with Crippen LogP contribution in [0.5, 0.6) is 0 Å². The van der Waals surface area contributed by atoms with E-state index in [1.165, 1.54) is 0 Å². The van der Waals surface area contributed by atoms with Crippen LogP contribution in [0, 0.1) is 0 Å². The van der Waals surface area contributed by atoms with E-state index in [9.17, 15) is 0 Å². The van der Waals surface area contributed by atoms with Crippen LogP contribution >= 0.6 is 0 Å². The van der Waals surface area contributed by atoms with Crippen molar-refractivity contribution in [2.75, 3.05) is 0 Å². The van der Waals surface area contributed by atoms with Crippen LogP contribution in [-0.2, 0) is 16.8 Å². The minimum absolute atomic E-state index is 0. The number of nitrogens with zero attached hydrogens (tertiary/aromatic N) is 9. The summed E-state index contributed by atoms with van der Waals surface area (Å²) in [4.78, 5) is 39.1. The minimum Gasteiger partial charge on any atom is -0.434 e. The Morgan fingerprint density at radius 3 is 0.872 bits per heavy atom. The van der Waals surface area contributed by atoms with Crippen LogP contribution < -0.4 is 15.0 Å². The molecule has 0 aliphatic carbocycles. The fourth-order valence-corrected chi connectivity index (χ4v) is 4.55. The number of hydrogen-bond acceptors (Lipinski definition) is 6. The van der Waals surface area contributed by atoms with E-state index >= 15 is 0 Å². The van der Waals surface area contributed by atoms with Gasteiger partial charge >= 0.3 is 16.8 Å². The van der Waals surface area contributed by atoms with Crippen LogP contribution in [0.1, 0.15) is 0 Å². The van der Waals surface area contributed by atoms with Crippen molar-refractivity contribution < 1.29 is 22.3 Å². The Morgan fingerprint density at radius 1 is 0.340 bits per heavy atom. The van der Waals surface area contributed by atoms with Gasteiger partial charge in [0.25, 0.3) is 0 Å². The largest absolute Gasteiger partial charge is 3.00 e. The maximum absolute atomic E-state index is 4.41. The van der Waals surface area contributed by atoms with Gasteiger partial charge in [0.2, 0.25) is 0 Å². The number of fused-ring (bicyclic) bond motifs is 3. The molecular formula is C36H26CoN9O. The van der Waals surface area contributed by atoms with Crippen LogP contribution in [0.2, 0.25) is 0 Å². The average Bonchev–Trinajstić information content (AvgIpc) is 3.87. The predicted octanol–water partition coefficient (Wildman–Crippen LogP) is 5.93. The summed E-state index contributed by atoms with van der Waals surface area (Å²) in [7, 11) is 0. The third-order valence-electron chi connectivity index (χ3n) is 6.69. The van der Waals surface area contributed by atoms with Gasteiger partial charge in [0, 0.05) is 18.6 Å². The molecule has 3 aromatic carbocycles. The Labute approximate surface area is 280 Å². The van der Waals surface area contributed by atoms with Gasteiger partial charge in [-0.2, -0.15) is 0 Å². The summed E-state index contributed by atoms with van der Waals surface area (Å²) in [6.45, 7) is 0. The number of hydrogen-bond donors (Lipinski definition) is 0. The summed E-state index contributed by atoms with van der Waals surface area (Å²) in [5.74, 6) is 2.07. The van der Waals surface area contributed by atoms with Gasteiger partial charge in [-0.05, 0) is 87.0 Å². The second-order valence-electron chi connectivity index (χ2n) is 9.75. The molecule has 0 aliphatic rings. The Balaban J connectivity index is 0.000000135. The molecule has 9 aromatic rings. The van der Waals surface area contributed by atoms with Crippen LogP contribution in [-0.4, -0.2) is 35.4 Å². The molecule has 0 saturated heterocycles. The molecule has 11 heteroatoms. The van der Waals surface area contributed by atoms with Crippen LogP contribution in [0.15, 0.2) is 146 Å². The van der Waals surface area contributed by atoms with Crippen molar-refractivity contribution in [3.8, 4) is 34.6 Å². The smallest absolute Gasteiger partial charge is 0.434 e. The molecule has 9 rings (SSSR count). The number of benzene rings is 3. The summed E-state index contributed by atoms with van der Waals surface area (Å²) >= 11 is 0. The molecule has 0 atom stereocenters. The summed E-state index contributed by atoms with van der Waals surface area (Å²) in [5, 5.41) is 0. The quantitative estimate of drug-likeness (QED) is 0.225. The van der Waals surface area contributed by atoms with Crippen molar-refractivity contribution in [3.63, 3.8) is 0 Å². The summed E-state index contributed by atoms with van der Waals surface area (Å²) < 4.78 is 0. The standard InChI is InChI=1S/3C12H8N3.Co.H2O/c3*1-2-6-10-9(5-1)14-12(15-10)11-7-3-4-8-13-11;;/h3*1-8H;;1H2/q3*-1;+3;. The Kier molecular flexibility index (Phi) is 10.6. The van der Waals surface area contributed by atoms with Gasteiger partial charge in [0.15, 0.2) is 0 Å². The predicted molar refractivity (Wildman–Crippen MR) is 178 cm³/mol. The van der Waals surface area contributed by atoms with E-state index in [1.807, 2.05) is 127 Å². The van der Waals surface area contributed by atoms with Crippen molar-refractivity contribution >= 4 is 33.1 Å². The summed E-state index contributed by atoms with van der Waals surface area (Å²) in [6.07, 6.45) is 5.24. The molecule has 6 heterocycles. The first-order valence-corrected chi connectivity index (χ1v) is 14.2. The maximum Gasteiger partial charge on any atom is 3.00 e. The number of rotatable bonds is 3. The van der Waals surface area contributed by atoms with Crippen LogP contribution in [0.4, 0.5) is 0 Å². The van der Waals surface area contributed by atoms with Gasteiger partial charge in [-0.15, -0.1) is 0 Å². The fourth-order valence-electron chi connectivity index (χ4n) is 4.55. The van der Waals surface area contributed by atoms with Gasteiger partial charge in [-0.1, -0.05) is 91.0 Å². The first kappa shape index (κ1) is 32.4. The fraction of sp³-hybridized carbons (Fsp3) is 0. The van der Waals surface area contributed by atoms with Crippen LogP contribution in [0.3, 0.4) is 0 Å². The molecule has 0 aliphatic heterocycles. The van der Waals surface area contributed by atoms with Crippen LogP contribution in [0.25, 0.3) is 67.7 Å². The Bertz CT molecular complexity index is 1930. The zero-order valence-electron chi connectivity index (χ0n) is 24.7.